The molecule has 45 heavy (non-hydrogen) atoms. The monoisotopic (exact) mass is 611 g/mol. The molecule has 0 aromatic heterocycles. The lowest BCUT2D eigenvalue weighted by atomic mass is 9.84. The minimum absolute atomic E-state index is 0.0748. The molecule has 1 heterocycles. The third-order valence-electron chi connectivity index (χ3n) is 8.23. The number of fused-ring (bicyclic) bond motifs is 1. The van der Waals surface area contributed by atoms with E-state index in [0.29, 0.717) is 53.4 Å². The maximum atomic E-state index is 13.4. The Labute approximate surface area is 263 Å². The van der Waals surface area contributed by atoms with Gasteiger partial charge in [-0.05, 0) is 104 Å². The molecule has 0 bridgehead atoms. The van der Waals surface area contributed by atoms with Crippen molar-refractivity contribution >= 4 is 35.0 Å². The number of carbonyl (C=O) groups excluding carboxylic acids is 4. The van der Waals surface area contributed by atoms with E-state index in [1.54, 1.807) is 54.6 Å². The Hall–Kier alpha value is -4.70. The largest absolute Gasteiger partial charge is 0.482 e. The van der Waals surface area contributed by atoms with Gasteiger partial charge in [-0.25, -0.2) is 0 Å². The normalized spacial score (nSPS) is 14.1. The molecule has 1 fully saturated rings. The van der Waals surface area contributed by atoms with E-state index in [-0.39, 0.29) is 41.7 Å². The van der Waals surface area contributed by atoms with Crippen molar-refractivity contribution < 1.29 is 23.9 Å². The van der Waals surface area contributed by atoms with E-state index in [2.05, 4.69) is 29.8 Å². The molecule has 1 saturated carbocycles. The first-order valence-corrected chi connectivity index (χ1v) is 15.5. The first-order chi connectivity index (χ1) is 21.6. The van der Waals surface area contributed by atoms with Crippen LogP contribution < -0.4 is 26.4 Å². The van der Waals surface area contributed by atoms with Crippen LogP contribution in [-0.4, -0.2) is 54.3 Å². The summed E-state index contributed by atoms with van der Waals surface area (Å²) in [7, 11) is 0. The number of carbonyl (C=O) groups is 4. The van der Waals surface area contributed by atoms with Gasteiger partial charge in [-0.3, -0.25) is 19.2 Å². The number of hydrogen-bond donors (Lipinski definition) is 4. The van der Waals surface area contributed by atoms with Crippen LogP contribution >= 0.6 is 0 Å². The summed E-state index contributed by atoms with van der Waals surface area (Å²) in [6.45, 7) is 5.96. The maximum absolute atomic E-state index is 13.4. The van der Waals surface area contributed by atoms with Crippen LogP contribution in [0.1, 0.15) is 82.6 Å². The van der Waals surface area contributed by atoms with Crippen LogP contribution in [0.2, 0.25) is 0 Å². The number of ether oxygens (including phenoxy) is 1. The summed E-state index contributed by atoms with van der Waals surface area (Å²) in [5.41, 5.74) is 9.30. The van der Waals surface area contributed by atoms with Gasteiger partial charge in [0.2, 0.25) is 0 Å². The van der Waals surface area contributed by atoms with E-state index in [0.717, 1.165) is 37.7 Å². The fourth-order valence-corrected chi connectivity index (χ4v) is 5.31. The highest BCUT2D eigenvalue weighted by atomic mass is 16.5. The van der Waals surface area contributed by atoms with Gasteiger partial charge in [0, 0.05) is 41.5 Å². The van der Waals surface area contributed by atoms with Crippen LogP contribution in [0, 0.1) is 5.41 Å². The lowest BCUT2D eigenvalue weighted by Crippen LogP contribution is -2.33. The van der Waals surface area contributed by atoms with Gasteiger partial charge in [0.1, 0.15) is 5.75 Å². The van der Waals surface area contributed by atoms with Crippen molar-refractivity contribution in [3.05, 3.63) is 89.0 Å². The Morgan fingerprint density at radius 2 is 1.60 bits per heavy atom. The Balaban J connectivity index is 1.14. The Kier molecular flexibility index (Phi) is 9.83. The molecule has 0 unspecified atom stereocenters. The standard InChI is InChI=1S/C35H41N5O5/c1-35(2,16-3-18-36)17-19-37-32(42)24-8-11-27(12-9-24)38-33(43)25-6-4-23(5-7-25)21-40(28-13-14-28)34(44)26-10-15-29-30(20-26)45-22-31(41)39-29/h4-12,15,20,28H,3,13-14,16-19,21-22,36H2,1-2H3,(H,37,42)(H,38,43)(H,39,41). The number of anilines is 2. The molecule has 4 amide bonds. The number of nitrogens with two attached hydrogens (primary N) is 1. The minimum Gasteiger partial charge on any atom is -0.482 e. The van der Waals surface area contributed by atoms with Crippen molar-refractivity contribution in [3.63, 3.8) is 0 Å². The zero-order valence-electron chi connectivity index (χ0n) is 25.9. The van der Waals surface area contributed by atoms with Crippen molar-refractivity contribution in [2.45, 2.75) is 58.5 Å². The summed E-state index contributed by atoms with van der Waals surface area (Å²) in [4.78, 5) is 52.4. The van der Waals surface area contributed by atoms with Gasteiger partial charge in [-0.1, -0.05) is 26.0 Å². The first-order valence-electron chi connectivity index (χ1n) is 15.5. The van der Waals surface area contributed by atoms with E-state index in [1.807, 2.05) is 17.0 Å². The predicted molar refractivity (Wildman–Crippen MR) is 173 cm³/mol. The topological polar surface area (TPSA) is 143 Å². The number of benzene rings is 3. The molecule has 0 atom stereocenters. The Morgan fingerprint density at radius 3 is 2.29 bits per heavy atom. The minimum atomic E-state index is -0.269. The van der Waals surface area contributed by atoms with Gasteiger partial charge in [0.25, 0.3) is 23.6 Å². The average molecular weight is 612 g/mol. The smallest absolute Gasteiger partial charge is 0.262 e. The lowest BCUT2D eigenvalue weighted by Gasteiger charge is -2.24. The van der Waals surface area contributed by atoms with Crippen LogP contribution in [0.25, 0.3) is 0 Å². The molecule has 2 aliphatic rings. The van der Waals surface area contributed by atoms with Gasteiger partial charge in [-0.15, -0.1) is 0 Å². The molecular formula is C35H41N5O5. The number of hydrogen-bond acceptors (Lipinski definition) is 6. The molecular weight excluding hydrogens is 570 g/mol. The summed E-state index contributed by atoms with van der Waals surface area (Å²) in [6.07, 6.45) is 4.74. The molecule has 236 valence electrons. The summed E-state index contributed by atoms with van der Waals surface area (Å²) in [5.74, 6) is -0.259. The van der Waals surface area contributed by atoms with Crippen molar-refractivity contribution in [2.75, 3.05) is 30.3 Å². The van der Waals surface area contributed by atoms with Crippen molar-refractivity contribution in [1.82, 2.24) is 10.2 Å². The molecule has 0 spiro atoms. The van der Waals surface area contributed by atoms with Gasteiger partial charge >= 0.3 is 0 Å². The average Bonchev–Trinajstić information content (AvgIpc) is 3.88. The Bertz CT molecular complexity index is 1550. The highest BCUT2D eigenvalue weighted by Crippen LogP contribution is 2.33. The molecule has 1 aliphatic heterocycles. The number of nitrogens with one attached hydrogen (secondary N) is 3. The quantitative estimate of drug-likeness (QED) is 0.215. The summed E-state index contributed by atoms with van der Waals surface area (Å²) in [5, 5.41) is 8.60. The van der Waals surface area contributed by atoms with E-state index in [9.17, 15) is 19.2 Å². The summed E-state index contributed by atoms with van der Waals surface area (Å²) in [6, 6.07) is 19.2. The van der Waals surface area contributed by atoms with E-state index in [1.165, 1.54) is 0 Å². The van der Waals surface area contributed by atoms with E-state index in [4.69, 9.17) is 10.5 Å². The molecule has 5 N–H and O–H groups in total. The number of amides is 4. The lowest BCUT2D eigenvalue weighted by molar-refractivity contribution is -0.118. The summed E-state index contributed by atoms with van der Waals surface area (Å²) < 4.78 is 5.49. The second-order valence-electron chi connectivity index (χ2n) is 12.5. The fraction of sp³-hybridized carbons (Fsp3) is 0.371. The highest BCUT2D eigenvalue weighted by Gasteiger charge is 2.33. The number of nitrogens with zero attached hydrogens (tertiary/aromatic N) is 1. The summed E-state index contributed by atoms with van der Waals surface area (Å²) >= 11 is 0. The van der Waals surface area contributed by atoms with Crippen LogP contribution in [0.15, 0.2) is 66.7 Å². The van der Waals surface area contributed by atoms with Gasteiger partial charge in [0.15, 0.2) is 6.61 Å². The molecule has 10 nitrogen and oxygen atoms in total. The Morgan fingerprint density at radius 1 is 0.933 bits per heavy atom. The molecule has 3 aromatic carbocycles. The maximum Gasteiger partial charge on any atom is 0.262 e. The fourth-order valence-electron chi connectivity index (χ4n) is 5.31. The van der Waals surface area contributed by atoms with E-state index >= 15 is 0 Å². The van der Waals surface area contributed by atoms with E-state index < -0.39 is 0 Å². The molecule has 5 rings (SSSR count). The SMILES string of the molecule is CC(C)(CCCN)CCNC(=O)c1ccc(NC(=O)c2ccc(CN(C(=O)c3ccc4c(c3)OCC(=O)N4)C3CC3)cc2)cc1. The van der Waals surface area contributed by atoms with Crippen molar-refractivity contribution in [1.29, 1.82) is 0 Å². The van der Waals surface area contributed by atoms with Crippen molar-refractivity contribution in [3.8, 4) is 5.75 Å². The molecule has 1 aliphatic carbocycles. The third-order valence-corrected chi connectivity index (χ3v) is 8.23. The molecule has 10 heteroatoms. The zero-order valence-corrected chi connectivity index (χ0v) is 25.9. The van der Waals surface area contributed by atoms with Crippen LogP contribution in [0.4, 0.5) is 11.4 Å². The zero-order chi connectivity index (χ0) is 32.0. The van der Waals surface area contributed by atoms with Gasteiger partial charge in [-0.2, -0.15) is 0 Å². The molecule has 3 aromatic rings. The predicted octanol–water partition coefficient (Wildman–Crippen LogP) is 4.96. The number of rotatable bonds is 13. The second kappa shape index (κ2) is 13.9. The van der Waals surface area contributed by atoms with Crippen molar-refractivity contribution in [2.24, 2.45) is 11.1 Å². The van der Waals surface area contributed by atoms with Crippen LogP contribution in [-0.2, 0) is 11.3 Å². The molecule has 0 saturated heterocycles. The third kappa shape index (κ3) is 8.48. The van der Waals surface area contributed by atoms with Crippen LogP contribution in [0.3, 0.4) is 0 Å². The van der Waals surface area contributed by atoms with Gasteiger partial charge in [0.05, 0.1) is 5.69 Å². The second-order valence-corrected chi connectivity index (χ2v) is 12.5. The van der Waals surface area contributed by atoms with Gasteiger partial charge < -0.3 is 31.3 Å². The highest BCUT2D eigenvalue weighted by molar-refractivity contribution is 6.04. The van der Waals surface area contributed by atoms with Crippen LogP contribution in [0.5, 0.6) is 5.75 Å². The molecule has 0 radical (unpaired) electrons. The first kappa shape index (κ1) is 31.7.